The molecule has 0 atom stereocenters. The third-order valence-corrected chi connectivity index (χ3v) is 3.45. The summed E-state index contributed by atoms with van der Waals surface area (Å²) >= 11 is 6.18. The number of ketones is 1. The van der Waals surface area contributed by atoms with Crippen LogP contribution in [-0.4, -0.2) is 10.4 Å². The second-order valence-electron chi connectivity index (χ2n) is 4.41. The number of nitrogens with zero attached hydrogens (tertiary/aromatic N) is 1. The fourth-order valence-electron chi connectivity index (χ4n) is 2.20. The molecule has 19 heavy (non-hydrogen) atoms. The molecule has 3 aromatic rings. The molecule has 0 saturated heterocycles. The second-order valence-corrected chi connectivity index (χ2v) is 4.82. The van der Waals surface area contributed by atoms with Crippen molar-refractivity contribution < 1.29 is 4.79 Å². The number of fused-ring (bicyclic) bond motifs is 1. The van der Waals surface area contributed by atoms with E-state index in [-0.39, 0.29) is 5.78 Å². The smallest absolute Gasteiger partial charge is 0.182 e. The quantitative estimate of drug-likeness (QED) is 0.654. The molecule has 0 aliphatic rings. The van der Waals surface area contributed by atoms with Gasteiger partial charge in [0.25, 0.3) is 0 Å². The molecule has 94 valence electrons. The molecular weight excluding hydrogens is 258 g/mol. The molecule has 3 heteroatoms. The minimum absolute atomic E-state index is 0.0815. The Bertz CT molecular complexity index is 731. The van der Waals surface area contributed by atoms with Gasteiger partial charge in [-0.2, -0.15) is 0 Å². The summed E-state index contributed by atoms with van der Waals surface area (Å²) < 4.78 is 1.90. The number of Topliss-reactive ketones (excluding diaryl/α,β-unsaturated/α-hetero) is 1. The third-order valence-electron chi connectivity index (χ3n) is 3.15. The molecule has 1 aromatic heterocycles. The van der Waals surface area contributed by atoms with Crippen molar-refractivity contribution in [3.05, 3.63) is 71.4 Å². The zero-order valence-electron chi connectivity index (χ0n) is 10.2. The molecule has 3 rings (SSSR count). The number of para-hydroxylation sites is 1. The van der Waals surface area contributed by atoms with Crippen LogP contribution < -0.4 is 0 Å². The molecule has 0 spiro atoms. The van der Waals surface area contributed by atoms with E-state index in [9.17, 15) is 4.79 Å². The average Bonchev–Trinajstić information content (AvgIpc) is 2.77. The van der Waals surface area contributed by atoms with Gasteiger partial charge in [0.1, 0.15) is 0 Å². The molecular formula is C16H12ClNO. The van der Waals surface area contributed by atoms with Crippen molar-refractivity contribution in [2.45, 2.75) is 6.54 Å². The fourth-order valence-corrected chi connectivity index (χ4v) is 2.48. The minimum Gasteiger partial charge on any atom is -0.338 e. The summed E-state index contributed by atoms with van der Waals surface area (Å²) in [5, 5.41) is 1.65. The molecule has 0 saturated carbocycles. The molecule has 0 radical (unpaired) electrons. The van der Waals surface area contributed by atoms with Gasteiger partial charge in [0, 0.05) is 22.7 Å². The normalized spacial score (nSPS) is 10.8. The minimum atomic E-state index is 0.0815. The summed E-state index contributed by atoms with van der Waals surface area (Å²) in [5.74, 6) is 0.0815. The van der Waals surface area contributed by atoms with Gasteiger partial charge in [-0.05, 0) is 6.07 Å². The molecule has 0 bridgehead atoms. The lowest BCUT2D eigenvalue weighted by Gasteiger charge is -2.04. The predicted molar refractivity (Wildman–Crippen MR) is 77.7 cm³/mol. The van der Waals surface area contributed by atoms with Crippen molar-refractivity contribution in [3.63, 3.8) is 0 Å². The van der Waals surface area contributed by atoms with Crippen molar-refractivity contribution in [2.24, 2.45) is 0 Å². The fraction of sp³-hybridized carbons (Fsp3) is 0.0625. The first-order chi connectivity index (χ1) is 9.25. The molecule has 2 aromatic carbocycles. The van der Waals surface area contributed by atoms with Gasteiger partial charge in [-0.1, -0.05) is 60.1 Å². The first kappa shape index (κ1) is 12.0. The number of carbonyl (C=O) groups is 1. The summed E-state index contributed by atoms with van der Waals surface area (Å²) in [6, 6.07) is 17.1. The Morgan fingerprint density at radius 3 is 2.47 bits per heavy atom. The van der Waals surface area contributed by atoms with Crippen LogP contribution in [0.5, 0.6) is 0 Å². The van der Waals surface area contributed by atoms with E-state index in [0.29, 0.717) is 11.6 Å². The SMILES string of the molecule is O=C(Cn1cc(Cl)c2ccccc21)c1ccccc1. The van der Waals surface area contributed by atoms with Gasteiger partial charge in [0.15, 0.2) is 5.78 Å². The van der Waals surface area contributed by atoms with E-state index < -0.39 is 0 Å². The molecule has 0 amide bonds. The monoisotopic (exact) mass is 269 g/mol. The maximum Gasteiger partial charge on any atom is 0.182 e. The van der Waals surface area contributed by atoms with Crippen molar-refractivity contribution in [2.75, 3.05) is 0 Å². The standard InChI is InChI=1S/C16H12ClNO/c17-14-10-18(15-9-5-4-8-13(14)15)11-16(19)12-6-2-1-3-7-12/h1-10H,11H2. The first-order valence-corrected chi connectivity index (χ1v) is 6.45. The Labute approximate surface area is 116 Å². The number of carbonyl (C=O) groups excluding carboxylic acids is 1. The second kappa shape index (κ2) is 4.90. The molecule has 0 aliphatic carbocycles. The van der Waals surface area contributed by atoms with Crippen LogP contribution in [-0.2, 0) is 6.54 Å². The largest absolute Gasteiger partial charge is 0.338 e. The Morgan fingerprint density at radius 1 is 1.00 bits per heavy atom. The van der Waals surface area contributed by atoms with Crippen LogP contribution in [0.25, 0.3) is 10.9 Å². The molecule has 0 N–H and O–H groups in total. The Balaban J connectivity index is 1.96. The van der Waals surface area contributed by atoms with Crippen LogP contribution in [0.3, 0.4) is 0 Å². The molecule has 0 aliphatic heterocycles. The van der Waals surface area contributed by atoms with Crippen molar-refractivity contribution in [1.29, 1.82) is 0 Å². The first-order valence-electron chi connectivity index (χ1n) is 6.07. The van der Waals surface area contributed by atoms with Crippen LogP contribution in [0.2, 0.25) is 5.02 Å². The summed E-state index contributed by atoms with van der Waals surface area (Å²) in [4.78, 5) is 12.2. The van der Waals surface area contributed by atoms with Gasteiger partial charge in [-0.25, -0.2) is 0 Å². The maximum absolute atomic E-state index is 12.2. The molecule has 0 unspecified atom stereocenters. The van der Waals surface area contributed by atoms with Gasteiger partial charge in [0.05, 0.1) is 11.6 Å². The number of aromatic nitrogens is 1. The van der Waals surface area contributed by atoms with E-state index in [1.165, 1.54) is 0 Å². The lowest BCUT2D eigenvalue weighted by Crippen LogP contribution is -2.09. The van der Waals surface area contributed by atoms with E-state index >= 15 is 0 Å². The van der Waals surface area contributed by atoms with E-state index in [4.69, 9.17) is 11.6 Å². The van der Waals surface area contributed by atoms with Crippen LogP contribution in [0.4, 0.5) is 0 Å². The van der Waals surface area contributed by atoms with Gasteiger partial charge in [-0.3, -0.25) is 4.79 Å². The Morgan fingerprint density at radius 2 is 1.68 bits per heavy atom. The molecule has 2 nitrogen and oxygen atoms in total. The Kier molecular flexibility index (Phi) is 3.10. The van der Waals surface area contributed by atoms with Gasteiger partial charge < -0.3 is 4.57 Å². The van der Waals surface area contributed by atoms with Gasteiger partial charge in [0.2, 0.25) is 0 Å². The number of hydrogen-bond donors (Lipinski definition) is 0. The van der Waals surface area contributed by atoms with Crippen molar-refractivity contribution in [1.82, 2.24) is 4.57 Å². The summed E-state index contributed by atoms with van der Waals surface area (Å²) in [7, 11) is 0. The number of rotatable bonds is 3. The highest BCUT2D eigenvalue weighted by molar-refractivity contribution is 6.35. The Hall–Kier alpha value is -2.06. The number of benzene rings is 2. The zero-order valence-corrected chi connectivity index (χ0v) is 11.0. The van der Waals surface area contributed by atoms with E-state index in [1.54, 1.807) is 0 Å². The van der Waals surface area contributed by atoms with Gasteiger partial charge >= 0.3 is 0 Å². The van der Waals surface area contributed by atoms with E-state index in [1.807, 2.05) is 65.4 Å². The highest BCUT2D eigenvalue weighted by Gasteiger charge is 2.10. The maximum atomic E-state index is 12.2. The van der Waals surface area contributed by atoms with Crippen LogP contribution in [0.1, 0.15) is 10.4 Å². The topological polar surface area (TPSA) is 22.0 Å². The average molecular weight is 270 g/mol. The lowest BCUT2D eigenvalue weighted by molar-refractivity contribution is 0.0973. The summed E-state index contributed by atoms with van der Waals surface area (Å²) in [6.07, 6.45) is 1.81. The van der Waals surface area contributed by atoms with Crippen LogP contribution in [0, 0.1) is 0 Å². The third kappa shape index (κ3) is 2.27. The van der Waals surface area contributed by atoms with Crippen molar-refractivity contribution >= 4 is 28.3 Å². The highest BCUT2D eigenvalue weighted by Crippen LogP contribution is 2.25. The highest BCUT2D eigenvalue weighted by atomic mass is 35.5. The van der Waals surface area contributed by atoms with Gasteiger partial charge in [-0.15, -0.1) is 0 Å². The number of hydrogen-bond acceptors (Lipinski definition) is 1. The number of halogens is 1. The van der Waals surface area contributed by atoms with E-state index in [0.717, 1.165) is 16.5 Å². The van der Waals surface area contributed by atoms with E-state index in [2.05, 4.69) is 0 Å². The molecule has 1 heterocycles. The molecule has 0 fully saturated rings. The predicted octanol–water partition coefficient (Wildman–Crippen LogP) is 4.18. The summed E-state index contributed by atoms with van der Waals surface area (Å²) in [6.45, 7) is 0.303. The summed E-state index contributed by atoms with van der Waals surface area (Å²) in [5.41, 5.74) is 1.70. The van der Waals surface area contributed by atoms with Crippen LogP contribution >= 0.6 is 11.6 Å². The van der Waals surface area contributed by atoms with Crippen LogP contribution in [0.15, 0.2) is 60.8 Å². The van der Waals surface area contributed by atoms with Crippen molar-refractivity contribution in [3.8, 4) is 0 Å². The zero-order chi connectivity index (χ0) is 13.2. The lowest BCUT2D eigenvalue weighted by atomic mass is 10.1.